The Labute approximate surface area is 119 Å². The van der Waals surface area contributed by atoms with Crippen LogP contribution in [-0.2, 0) is 14.8 Å². The number of likely N-dealkylation sites (tertiary alicyclic amines) is 1. The molecule has 1 heterocycles. The van der Waals surface area contributed by atoms with Crippen LogP contribution < -0.4 is 10.5 Å². The van der Waals surface area contributed by atoms with Crippen LogP contribution in [0.3, 0.4) is 0 Å². The van der Waals surface area contributed by atoms with Crippen LogP contribution in [-0.4, -0.2) is 38.9 Å². The molecule has 1 aliphatic heterocycles. The number of hydrogen-bond acceptors (Lipinski definition) is 4. The van der Waals surface area contributed by atoms with Crippen molar-refractivity contribution in [3.05, 3.63) is 23.8 Å². The molecule has 0 bridgehead atoms. The van der Waals surface area contributed by atoms with Gasteiger partial charge in [0.05, 0.1) is 11.4 Å². The lowest BCUT2D eigenvalue weighted by Gasteiger charge is -2.15. The molecule has 0 atom stereocenters. The Hall–Kier alpha value is -1.60. The maximum absolute atomic E-state index is 12.1. The van der Waals surface area contributed by atoms with Gasteiger partial charge in [0.15, 0.2) is 0 Å². The first-order valence-electron chi connectivity index (χ1n) is 6.54. The number of sulfonamides is 1. The number of hydrogen-bond donors (Lipinski definition) is 2. The van der Waals surface area contributed by atoms with E-state index in [9.17, 15) is 13.2 Å². The van der Waals surface area contributed by atoms with Crippen molar-refractivity contribution < 1.29 is 13.2 Å². The van der Waals surface area contributed by atoms with Crippen molar-refractivity contribution >= 4 is 21.6 Å². The van der Waals surface area contributed by atoms with Gasteiger partial charge in [0.1, 0.15) is 0 Å². The summed E-state index contributed by atoms with van der Waals surface area (Å²) in [4.78, 5) is 13.6. The van der Waals surface area contributed by atoms with Gasteiger partial charge in [-0.25, -0.2) is 13.1 Å². The smallest absolute Gasteiger partial charge is 0.241 e. The molecule has 1 fully saturated rings. The maximum Gasteiger partial charge on any atom is 0.241 e. The average molecular weight is 297 g/mol. The molecule has 6 nitrogen and oxygen atoms in total. The molecule has 0 radical (unpaired) electrons. The number of aryl methyl sites for hydroxylation is 1. The topological polar surface area (TPSA) is 92.5 Å². The van der Waals surface area contributed by atoms with Gasteiger partial charge in [0, 0.05) is 18.8 Å². The Balaban J connectivity index is 2.03. The van der Waals surface area contributed by atoms with Crippen LogP contribution in [0, 0.1) is 6.92 Å². The largest absolute Gasteiger partial charge is 0.398 e. The van der Waals surface area contributed by atoms with Crippen LogP contribution in [0.1, 0.15) is 18.4 Å². The Morgan fingerprint density at radius 3 is 2.60 bits per heavy atom. The second-order valence-corrected chi connectivity index (χ2v) is 6.70. The summed E-state index contributed by atoms with van der Waals surface area (Å²) in [6.07, 6.45) is 1.96. The van der Waals surface area contributed by atoms with Crippen molar-refractivity contribution in [1.82, 2.24) is 9.62 Å². The summed E-state index contributed by atoms with van der Waals surface area (Å²) in [6, 6.07) is 4.53. The summed E-state index contributed by atoms with van der Waals surface area (Å²) in [5, 5.41) is 0. The average Bonchev–Trinajstić information content (AvgIpc) is 2.93. The minimum absolute atomic E-state index is 0.0785. The fourth-order valence-electron chi connectivity index (χ4n) is 2.10. The number of carbonyl (C=O) groups is 1. The fourth-order valence-corrected chi connectivity index (χ4v) is 3.11. The third kappa shape index (κ3) is 3.29. The molecule has 20 heavy (non-hydrogen) atoms. The first-order valence-corrected chi connectivity index (χ1v) is 8.02. The minimum Gasteiger partial charge on any atom is -0.398 e. The van der Waals surface area contributed by atoms with E-state index in [0.717, 1.165) is 18.4 Å². The van der Waals surface area contributed by atoms with Crippen molar-refractivity contribution in [1.29, 1.82) is 0 Å². The van der Waals surface area contributed by atoms with E-state index in [2.05, 4.69) is 4.72 Å². The number of nitrogen functional groups attached to an aromatic ring is 1. The molecular weight excluding hydrogens is 278 g/mol. The van der Waals surface area contributed by atoms with E-state index in [1.54, 1.807) is 17.9 Å². The molecule has 0 saturated carbocycles. The monoisotopic (exact) mass is 297 g/mol. The van der Waals surface area contributed by atoms with Gasteiger partial charge in [0.2, 0.25) is 15.9 Å². The number of nitrogens with one attached hydrogen (secondary N) is 1. The van der Waals surface area contributed by atoms with Crippen molar-refractivity contribution in [2.75, 3.05) is 25.4 Å². The van der Waals surface area contributed by atoms with Crippen molar-refractivity contribution in [3.63, 3.8) is 0 Å². The molecule has 0 spiro atoms. The number of benzene rings is 1. The molecule has 1 aliphatic rings. The maximum atomic E-state index is 12.1. The molecule has 3 N–H and O–H groups in total. The first-order chi connectivity index (χ1) is 9.40. The summed E-state index contributed by atoms with van der Waals surface area (Å²) in [5.74, 6) is -0.189. The molecule has 7 heteroatoms. The Morgan fingerprint density at radius 1 is 1.35 bits per heavy atom. The van der Waals surface area contributed by atoms with Crippen molar-refractivity contribution in [3.8, 4) is 0 Å². The number of rotatable bonds is 4. The SMILES string of the molecule is Cc1ccc(S(=O)(=O)NCC(=O)N2CCCC2)cc1N. The Bertz CT molecular complexity index is 607. The molecule has 0 unspecified atom stereocenters. The van der Waals surface area contributed by atoms with Gasteiger partial charge in [-0.3, -0.25) is 4.79 Å². The molecule has 0 aromatic heterocycles. The van der Waals surface area contributed by atoms with E-state index in [4.69, 9.17) is 5.73 Å². The van der Waals surface area contributed by atoms with Gasteiger partial charge < -0.3 is 10.6 Å². The molecule has 1 amide bonds. The summed E-state index contributed by atoms with van der Waals surface area (Å²) in [5.41, 5.74) is 6.94. The predicted molar refractivity (Wildman–Crippen MR) is 76.6 cm³/mol. The normalized spacial score (nSPS) is 15.6. The van der Waals surface area contributed by atoms with Crippen LogP contribution in [0.25, 0.3) is 0 Å². The first kappa shape index (κ1) is 14.8. The van der Waals surface area contributed by atoms with Crippen molar-refractivity contribution in [2.24, 2.45) is 0 Å². The van der Waals surface area contributed by atoms with Gasteiger partial charge >= 0.3 is 0 Å². The van der Waals surface area contributed by atoms with Gasteiger partial charge in [-0.05, 0) is 37.5 Å². The number of amides is 1. The molecular formula is C13H19N3O3S. The molecule has 1 aromatic rings. The van der Waals surface area contributed by atoms with E-state index in [-0.39, 0.29) is 17.3 Å². The lowest BCUT2D eigenvalue weighted by molar-refractivity contribution is -0.128. The van der Waals surface area contributed by atoms with Gasteiger partial charge in [-0.2, -0.15) is 0 Å². The number of anilines is 1. The zero-order valence-electron chi connectivity index (χ0n) is 11.4. The highest BCUT2D eigenvalue weighted by molar-refractivity contribution is 7.89. The van der Waals surface area contributed by atoms with Crippen LogP contribution in [0.5, 0.6) is 0 Å². The standard InChI is InChI=1S/C13H19N3O3S/c1-10-4-5-11(8-12(10)14)20(18,19)15-9-13(17)16-6-2-3-7-16/h4-5,8,15H,2-3,6-7,9,14H2,1H3. The van der Waals surface area contributed by atoms with E-state index in [1.165, 1.54) is 12.1 Å². The van der Waals surface area contributed by atoms with E-state index < -0.39 is 10.0 Å². The third-order valence-corrected chi connectivity index (χ3v) is 4.83. The van der Waals surface area contributed by atoms with Gasteiger partial charge in [-0.1, -0.05) is 6.07 Å². The summed E-state index contributed by atoms with van der Waals surface area (Å²) in [7, 11) is -3.70. The molecule has 0 aliphatic carbocycles. The second-order valence-electron chi connectivity index (χ2n) is 4.93. The third-order valence-electron chi connectivity index (χ3n) is 3.43. The van der Waals surface area contributed by atoms with E-state index in [1.807, 2.05) is 0 Å². The number of nitrogens with zero attached hydrogens (tertiary/aromatic N) is 1. The molecule has 1 saturated heterocycles. The van der Waals surface area contributed by atoms with Crippen LogP contribution in [0.15, 0.2) is 23.1 Å². The predicted octanol–water partition coefficient (Wildman–Crippen LogP) is 0.478. The fraction of sp³-hybridized carbons (Fsp3) is 0.462. The van der Waals surface area contributed by atoms with E-state index >= 15 is 0 Å². The van der Waals surface area contributed by atoms with E-state index in [0.29, 0.717) is 18.8 Å². The lowest BCUT2D eigenvalue weighted by atomic mass is 10.2. The quantitative estimate of drug-likeness (QED) is 0.791. The molecule has 2 rings (SSSR count). The highest BCUT2D eigenvalue weighted by Gasteiger charge is 2.21. The van der Waals surface area contributed by atoms with Crippen LogP contribution in [0.4, 0.5) is 5.69 Å². The highest BCUT2D eigenvalue weighted by Crippen LogP contribution is 2.17. The number of nitrogens with two attached hydrogens (primary N) is 1. The zero-order valence-corrected chi connectivity index (χ0v) is 12.2. The minimum atomic E-state index is -3.70. The van der Waals surface area contributed by atoms with Crippen LogP contribution >= 0.6 is 0 Å². The Morgan fingerprint density at radius 2 is 2.00 bits per heavy atom. The molecule has 1 aromatic carbocycles. The van der Waals surface area contributed by atoms with Gasteiger partial charge in [-0.15, -0.1) is 0 Å². The second kappa shape index (κ2) is 5.80. The van der Waals surface area contributed by atoms with Crippen molar-refractivity contribution in [2.45, 2.75) is 24.7 Å². The highest BCUT2D eigenvalue weighted by atomic mass is 32.2. The van der Waals surface area contributed by atoms with Crippen LogP contribution in [0.2, 0.25) is 0 Å². The zero-order chi connectivity index (χ0) is 14.8. The summed E-state index contributed by atoms with van der Waals surface area (Å²) >= 11 is 0. The van der Waals surface area contributed by atoms with Gasteiger partial charge in [0.25, 0.3) is 0 Å². The molecule has 110 valence electrons. The summed E-state index contributed by atoms with van der Waals surface area (Å²) in [6.45, 7) is 3.00. The Kier molecular flexibility index (Phi) is 4.29. The summed E-state index contributed by atoms with van der Waals surface area (Å²) < 4.78 is 26.5. The lowest BCUT2D eigenvalue weighted by Crippen LogP contribution is -2.38. The number of carbonyl (C=O) groups excluding carboxylic acids is 1.